The Morgan fingerprint density at radius 3 is 2.27 bits per heavy atom. The van der Waals surface area contributed by atoms with Crippen molar-refractivity contribution in [1.29, 1.82) is 0 Å². The molecule has 3 aliphatic heterocycles. The van der Waals surface area contributed by atoms with E-state index in [0.29, 0.717) is 6.42 Å². The number of nitro benzene ring substituents is 1. The van der Waals surface area contributed by atoms with Crippen LogP contribution in [0.1, 0.15) is 33.1 Å². The quantitative estimate of drug-likeness (QED) is 0.222. The average molecular weight is 494 g/mol. The highest BCUT2D eigenvalue weighted by molar-refractivity contribution is 6.12. The molecule has 2 fully saturated rings. The number of amides is 2. The van der Waals surface area contributed by atoms with E-state index in [0.717, 1.165) is 16.7 Å². The highest BCUT2D eigenvalue weighted by atomic mass is 16.6. The van der Waals surface area contributed by atoms with Crippen molar-refractivity contribution in [2.45, 2.75) is 18.5 Å². The summed E-state index contributed by atoms with van der Waals surface area (Å²) in [5.74, 6) is -2.47. The Bertz CT molecular complexity index is 1450. The maximum Gasteiger partial charge on any atom is 0.269 e. The van der Waals surface area contributed by atoms with Crippen molar-refractivity contribution in [1.82, 2.24) is 9.80 Å². The fraction of sp³-hybridized carbons (Fsp3) is 0.207. The molecule has 2 saturated heterocycles. The minimum Gasteiger partial charge on any atom is -0.358 e. The number of nitro groups is 1. The van der Waals surface area contributed by atoms with Crippen LogP contribution in [0.4, 0.5) is 5.69 Å². The second-order valence-corrected chi connectivity index (χ2v) is 9.57. The summed E-state index contributed by atoms with van der Waals surface area (Å²) in [5, 5.41) is 11.1. The zero-order valence-electron chi connectivity index (χ0n) is 19.8. The standard InChI is InChI=1S/C29H23N3O5/c33-27(20-10-12-21(13-11-20)32(36)37)26-24-23(25-22-9-5-4-8-19(22)15-17-30(25)26)28(34)31(29(24)35)16-14-18-6-2-1-3-7-18/h1-13,15,17,23-26H,14,16H2/t23-,24+,25+,26-/m0/s1. The van der Waals surface area contributed by atoms with Gasteiger partial charge in [-0.2, -0.15) is 0 Å². The van der Waals surface area contributed by atoms with Gasteiger partial charge < -0.3 is 4.90 Å². The Hall–Kier alpha value is -4.59. The van der Waals surface area contributed by atoms with Gasteiger partial charge in [-0.15, -0.1) is 0 Å². The van der Waals surface area contributed by atoms with Crippen molar-refractivity contribution in [2.75, 3.05) is 6.54 Å². The topological polar surface area (TPSA) is 101 Å². The lowest BCUT2D eigenvalue weighted by Crippen LogP contribution is -2.44. The largest absolute Gasteiger partial charge is 0.358 e. The zero-order valence-corrected chi connectivity index (χ0v) is 19.8. The van der Waals surface area contributed by atoms with E-state index in [1.54, 1.807) is 6.20 Å². The SMILES string of the molecule is O=C(c1ccc([N+](=O)[O-])cc1)[C@@H]1[C@@H]2C(=O)N(CCc3ccccc3)C(=O)[C@@H]2[C@H]2c3ccccc3C=CN12. The molecule has 2 amide bonds. The number of non-ortho nitro benzene ring substituents is 1. The van der Waals surface area contributed by atoms with Gasteiger partial charge in [0.25, 0.3) is 5.69 Å². The van der Waals surface area contributed by atoms with Crippen LogP contribution in [0.3, 0.4) is 0 Å². The monoisotopic (exact) mass is 493 g/mol. The second-order valence-electron chi connectivity index (χ2n) is 9.57. The predicted molar refractivity (Wildman–Crippen MR) is 135 cm³/mol. The molecule has 0 aliphatic carbocycles. The molecule has 3 aliphatic rings. The summed E-state index contributed by atoms with van der Waals surface area (Å²) in [6, 6.07) is 21.4. The molecule has 8 heteroatoms. The van der Waals surface area contributed by atoms with Gasteiger partial charge in [0.1, 0.15) is 6.04 Å². The summed E-state index contributed by atoms with van der Waals surface area (Å²) in [4.78, 5) is 55.1. The molecule has 6 rings (SSSR count). The summed E-state index contributed by atoms with van der Waals surface area (Å²) in [6.07, 6.45) is 4.23. The van der Waals surface area contributed by atoms with Crippen molar-refractivity contribution in [3.8, 4) is 0 Å². The lowest BCUT2D eigenvalue weighted by Gasteiger charge is -2.35. The molecule has 184 valence electrons. The maximum atomic E-state index is 13.8. The Morgan fingerprint density at radius 2 is 1.54 bits per heavy atom. The number of fused-ring (bicyclic) bond motifs is 5. The van der Waals surface area contributed by atoms with Crippen LogP contribution in [0.25, 0.3) is 6.08 Å². The summed E-state index contributed by atoms with van der Waals surface area (Å²) < 4.78 is 0. The number of hydrogen-bond acceptors (Lipinski definition) is 6. The van der Waals surface area contributed by atoms with Gasteiger partial charge >= 0.3 is 0 Å². The van der Waals surface area contributed by atoms with Gasteiger partial charge in [-0.1, -0.05) is 54.6 Å². The van der Waals surface area contributed by atoms with E-state index >= 15 is 0 Å². The van der Waals surface area contributed by atoms with Crippen molar-refractivity contribution < 1.29 is 19.3 Å². The number of carbonyl (C=O) groups excluding carboxylic acids is 3. The lowest BCUT2D eigenvalue weighted by molar-refractivity contribution is -0.384. The molecule has 0 saturated carbocycles. The molecule has 0 spiro atoms. The fourth-order valence-corrected chi connectivity index (χ4v) is 5.94. The van der Waals surface area contributed by atoms with E-state index in [2.05, 4.69) is 0 Å². The number of imide groups is 1. The molecular weight excluding hydrogens is 470 g/mol. The molecule has 37 heavy (non-hydrogen) atoms. The van der Waals surface area contributed by atoms with E-state index in [1.165, 1.54) is 29.2 Å². The van der Waals surface area contributed by atoms with Gasteiger partial charge in [0.05, 0.1) is 22.8 Å². The van der Waals surface area contributed by atoms with E-state index in [4.69, 9.17) is 0 Å². The van der Waals surface area contributed by atoms with Crippen LogP contribution < -0.4 is 0 Å². The molecule has 0 bridgehead atoms. The van der Waals surface area contributed by atoms with Crippen LogP contribution in [-0.2, 0) is 16.0 Å². The lowest BCUT2D eigenvalue weighted by atomic mass is 9.83. The molecule has 3 aromatic rings. The van der Waals surface area contributed by atoms with Crippen LogP contribution in [0.5, 0.6) is 0 Å². The number of benzene rings is 3. The smallest absolute Gasteiger partial charge is 0.269 e. The van der Waals surface area contributed by atoms with Crippen LogP contribution in [-0.4, -0.2) is 44.9 Å². The first-order valence-corrected chi connectivity index (χ1v) is 12.2. The normalized spacial score (nSPS) is 23.6. The fourth-order valence-electron chi connectivity index (χ4n) is 5.94. The Kier molecular flexibility index (Phi) is 5.44. The first-order valence-electron chi connectivity index (χ1n) is 12.2. The molecule has 4 atom stereocenters. The van der Waals surface area contributed by atoms with Gasteiger partial charge in [-0.05, 0) is 41.3 Å². The first-order chi connectivity index (χ1) is 18.0. The number of hydrogen-bond donors (Lipinski definition) is 0. The van der Waals surface area contributed by atoms with Crippen molar-refractivity contribution in [3.05, 3.63) is 117 Å². The minimum absolute atomic E-state index is 0.121. The van der Waals surface area contributed by atoms with Crippen molar-refractivity contribution in [2.24, 2.45) is 11.8 Å². The third kappa shape index (κ3) is 3.64. The van der Waals surface area contributed by atoms with Gasteiger partial charge in [-0.25, -0.2) is 0 Å². The number of Topliss-reactive ketones (excluding diaryl/α,β-unsaturated/α-hetero) is 1. The molecular formula is C29H23N3O5. The minimum atomic E-state index is -0.890. The Balaban J connectivity index is 1.38. The van der Waals surface area contributed by atoms with E-state index in [9.17, 15) is 24.5 Å². The average Bonchev–Trinajstić information content (AvgIpc) is 3.40. The molecule has 8 nitrogen and oxygen atoms in total. The molecule has 3 aromatic carbocycles. The number of likely N-dealkylation sites (tertiary alicyclic amines) is 1. The number of rotatable bonds is 6. The van der Waals surface area contributed by atoms with Crippen molar-refractivity contribution >= 4 is 29.4 Å². The van der Waals surface area contributed by atoms with Crippen molar-refractivity contribution in [3.63, 3.8) is 0 Å². The summed E-state index contributed by atoms with van der Waals surface area (Å²) in [5.41, 5.74) is 3.03. The third-order valence-electron chi connectivity index (χ3n) is 7.65. The third-order valence-corrected chi connectivity index (χ3v) is 7.65. The number of nitrogens with zero attached hydrogens (tertiary/aromatic N) is 3. The first kappa shape index (κ1) is 22.8. The number of ketones is 1. The molecule has 0 N–H and O–H groups in total. The highest BCUT2D eigenvalue weighted by Crippen LogP contribution is 2.53. The predicted octanol–water partition coefficient (Wildman–Crippen LogP) is 4.03. The summed E-state index contributed by atoms with van der Waals surface area (Å²) in [6.45, 7) is 0.247. The van der Waals surface area contributed by atoms with Crippen LogP contribution >= 0.6 is 0 Å². The summed E-state index contributed by atoms with van der Waals surface area (Å²) in [7, 11) is 0. The van der Waals surface area contributed by atoms with Crippen LogP contribution in [0.2, 0.25) is 0 Å². The van der Waals surface area contributed by atoms with Gasteiger partial charge in [0.15, 0.2) is 5.78 Å². The van der Waals surface area contributed by atoms with Gasteiger partial charge in [-0.3, -0.25) is 29.4 Å². The molecule has 0 radical (unpaired) electrons. The van der Waals surface area contributed by atoms with E-state index in [1.807, 2.05) is 65.6 Å². The van der Waals surface area contributed by atoms with Gasteiger partial charge in [0, 0.05) is 30.4 Å². The van der Waals surface area contributed by atoms with E-state index in [-0.39, 0.29) is 35.4 Å². The highest BCUT2D eigenvalue weighted by Gasteiger charge is 2.64. The second kappa shape index (κ2) is 8.81. The Labute approximate surface area is 213 Å². The zero-order chi connectivity index (χ0) is 25.7. The maximum absolute atomic E-state index is 13.8. The number of carbonyl (C=O) groups is 3. The molecule has 0 unspecified atom stereocenters. The molecule has 0 aromatic heterocycles. The Morgan fingerprint density at radius 1 is 0.865 bits per heavy atom. The van der Waals surface area contributed by atoms with Gasteiger partial charge in [0.2, 0.25) is 11.8 Å². The van der Waals surface area contributed by atoms with Crippen LogP contribution in [0, 0.1) is 22.0 Å². The molecule has 3 heterocycles. The van der Waals surface area contributed by atoms with Crippen LogP contribution in [0.15, 0.2) is 85.1 Å². The van der Waals surface area contributed by atoms with E-state index < -0.39 is 28.8 Å². The summed E-state index contributed by atoms with van der Waals surface area (Å²) >= 11 is 0.